The molecule has 0 spiro atoms. The number of nitrogens with zero attached hydrogens (tertiary/aromatic N) is 3. The fourth-order valence-electron chi connectivity index (χ4n) is 1.05. The Bertz CT molecular complexity index is 358. The van der Waals surface area contributed by atoms with Crippen molar-refractivity contribution in [3.05, 3.63) is 18.2 Å². The van der Waals surface area contributed by atoms with Gasteiger partial charge in [0.2, 0.25) is 0 Å². The van der Waals surface area contributed by atoms with Crippen LogP contribution in [-0.2, 0) is 18.4 Å². The molecule has 0 aliphatic heterocycles. The zero-order valence-corrected chi connectivity index (χ0v) is 8.25. The highest BCUT2D eigenvalue weighted by molar-refractivity contribution is 5.81. The average molecular weight is 221 g/mol. The van der Waals surface area contributed by atoms with Crippen LogP contribution in [0.2, 0.25) is 0 Å². The number of imidazole rings is 1. The molecule has 15 heavy (non-hydrogen) atoms. The van der Waals surface area contributed by atoms with Crippen molar-refractivity contribution in [1.82, 2.24) is 14.5 Å². The van der Waals surface area contributed by atoms with Crippen LogP contribution in [0.15, 0.2) is 12.4 Å². The van der Waals surface area contributed by atoms with Gasteiger partial charge in [0, 0.05) is 26.5 Å². The molecule has 1 heterocycles. The second-order valence-electron chi connectivity index (χ2n) is 3.11. The number of carbonyl (C=O) groups is 1. The Hall–Kier alpha value is -1.53. The van der Waals surface area contributed by atoms with Gasteiger partial charge in [0.25, 0.3) is 0 Å². The molecule has 0 unspecified atom stereocenters. The molecule has 0 aliphatic carbocycles. The lowest BCUT2D eigenvalue weighted by Gasteiger charge is -2.18. The molecule has 0 N–H and O–H groups in total. The molecule has 0 atom stereocenters. The van der Waals surface area contributed by atoms with Gasteiger partial charge in [-0.2, -0.15) is 13.2 Å². The van der Waals surface area contributed by atoms with Crippen molar-refractivity contribution in [3.8, 4) is 0 Å². The number of alkyl halides is 3. The van der Waals surface area contributed by atoms with Crippen LogP contribution in [0.4, 0.5) is 13.2 Å². The van der Waals surface area contributed by atoms with Crippen molar-refractivity contribution in [2.75, 3.05) is 7.05 Å². The molecule has 1 amide bonds. The van der Waals surface area contributed by atoms with E-state index in [1.807, 2.05) is 0 Å². The molecule has 7 heteroatoms. The lowest BCUT2D eigenvalue weighted by atomic mass is 10.4. The topological polar surface area (TPSA) is 38.1 Å². The van der Waals surface area contributed by atoms with Crippen LogP contribution in [0.5, 0.6) is 0 Å². The molecule has 1 rings (SSSR count). The number of halogens is 3. The van der Waals surface area contributed by atoms with E-state index in [0.29, 0.717) is 10.7 Å². The standard InChI is InChI=1S/C8H10F3N3O/c1-13-4-3-12-6(13)5-14(2)7(15)8(9,10)11/h3-4H,5H2,1-2H3. The molecule has 0 radical (unpaired) electrons. The summed E-state index contributed by atoms with van der Waals surface area (Å²) >= 11 is 0. The number of carbonyl (C=O) groups excluding carboxylic acids is 1. The van der Waals surface area contributed by atoms with Crippen molar-refractivity contribution in [2.45, 2.75) is 12.7 Å². The van der Waals surface area contributed by atoms with E-state index in [1.54, 1.807) is 17.8 Å². The SMILES string of the molecule is CN(Cc1nccn1C)C(=O)C(F)(F)F. The predicted octanol–water partition coefficient (Wildman–Crippen LogP) is 0.941. The van der Waals surface area contributed by atoms with Gasteiger partial charge in [-0.05, 0) is 0 Å². The first-order valence-corrected chi connectivity index (χ1v) is 4.11. The highest BCUT2D eigenvalue weighted by atomic mass is 19.4. The molecule has 0 aliphatic rings. The first-order valence-electron chi connectivity index (χ1n) is 4.11. The first kappa shape index (κ1) is 11.5. The molecule has 84 valence electrons. The lowest BCUT2D eigenvalue weighted by Crippen LogP contribution is -2.38. The summed E-state index contributed by atoms with van der Waals surface area (Å²) in [5, 5.41) is 0. The van der Waals surface area contributed by atoms with Crippen LogP contribution < -0.4 is 0 Å². The number of rotatable bonds is 2. The minimum absolute atomic E-state index is 0.165. The number of hydrogen-bond acceptors (Lipinski definition) is 2. The molecule has 0 saturated carbocycles. The highest BCUT2D eigenvalue weighted by Crippen LogP contribution is 2.18. The van der Waals surface area contributed by atoms with Gasteiger partial charge >= 0.3 is 12.1 Å². The third-order valence-corrected chi connectivity index (χ3v) is 1.89. The van der Waals surface area contributed by atoms with Crippen molar-refractivity contribution < 1.29 is 18.0 Å². The number of aryl methyl sites for hydroxylation is 1. The van der Waals surface area contributed by atoms with Crippen molar-refractivity contribution in [3.63, 3.8) is 0 Å². The van der Waals surface area contributed by atoms with E-state index in [9.17, 15) is 18.0 Å². The van der Waals surface area contributed by atoms with Gasteiger partial charge in [-0.25, -0.2) is 4.98 Å². The molecular weight excluding hydrogens is 211 g/mol. The number of hydrogen-bond donors (Lipinski definition) is 0. The average Bonchev–Trinajstić information content (AvgIpc) is 2.49. The van der Waals surface area contributed by atoms with E-state index in [4.69, 9.17) is 0 Å². The van der Waals surface area contributed by atoms with E-state index in [2.05, 4.69) is 4.98 Å². The van der Waals surface area contributed by atoms with Crippen LogP contribution in [0.3, 0.4) is 0 Å². The summed E-state index contributed by atoms with van der Waals surface area (Å²) in [5.41, 5.74) is 0. The van der Waals surface area contributed by atoms with Gasteiger partial charge in [-0.1, -0.05) is 0 Å². The maximum absolute atomic E-state index is 12.0. The fraction of sp³-hybridized carbons (Fsp3) is 0.500. The van der Waals surface area contributed by atoms with Crippen molar-refractivity contribution in [1.29, 1.82) is 0 Å². The molecule has 0 fully saturated rings. The Labute approximate surface area is 84.3 Å². The Morgan fingerprint density at radius 3 is 2.60 bits per heavy atom. The zero-order valence-electron chi connectivity index (χ0n) is 8.25. The highest BCUT2D eigenvalue weighted by Gasteiger charge is 2.41. The molecule has 1 aromatic heterocycles. The first-order chi connectivity index (χ1) is 6.82. The number of amides is 1. The summed E-state index contributed by atoms with van der Waals surface area (Å²) in [4.78, 5) is 15.2. The van der Waals surface area contributed by atoms with Crippen LogP contribution >= 0.6 is 0 Å². The Morgan fingerprint density at radius 1 is 1.60 bits per heavy atom. The predicted molar refractivity (Wildman–Crippen MR) is 45.7 cm³/mol. The van der Waals surface area contributed by atoms with Crippen LogP contribution in [-0.4, -0.2) is 33.6 Å². The summed E-state index contributed by atoms with van der Waals surface area (Å²) in [7, 11) is 2.73. The third-order valence-electron chi connectivity index (χ3n) is 1.89. The largest absolute Gasteiger partial charge is 0.471 e. The Morgan fingerprint density at radius 2 is 2.20 bits per heavy atom. The van der Waals surface area contributed by atoms with E-state index in [1.165, 1.54) is 6.20 Å². The Balaban J connectivity index is 2.68. The smallest absolute Gasteiger partial charge is 0.337 e. The molecule has 1 aromatic rings. The Kier molecular flexibility index (Phi) is 3.01. The second kappa shape index (κ2) is 3.92. The molecule has 4 nitrogen and oxygen atoms in total. The van der Waals surface area contributed by atoms with Crippen molar-refractivity contribution in [2.24, 2.45) is 7.05 Å². The van der Waals surface area contributed by atoms with E-state index in [-0.39, 0.29) is 6.54 Å². The van der Waals surface area contributed by atoms with Gasteiger partial charge in [0.1, 0.15) is 5.82 Å². The summed E-state index contributed by atoms with van der Waals surface area (Å²) < 4.78 is 37.6. The second-order valence-corrected chi connectivity index (χ2v) is 3.11. The van der Waals surface area contributed by atoms with Gasteiger partial charge in [-0.3, -0.25) is 4.79 Å². The van der Waals surface area contributed by atoms with Gasteiger partial charge in [0.05, 0.1) is 6.54 Å². The van der Waals surface area contributed by atoms with Gasteiger partial charge in [0.15, 0.2) is 0 Å². The van der Waals surface area contributed by atoms with E-state index < -0.39 is 12.1 Å². The monoisotopic (exact) mass is 221 g/mol. The summed E-state index contributed by atoms with van der Waals surface area (Å²) in [6.45, 7) is -0.165. The van der Waals surface area contributed by atoms with Crippen molar-refractivity contribution >= 4 is 5.91 Å². The minimum atomic E-state index is -4.83. The maximum atomic E-state index is 12.0. The molecule has 0 saturated heterocycles. The van der Waals surface area contributed by atoms with Gasteiger partial charge in [-0.15, -0.1) is 0 Å². The van der Waals surface area contributed by atoms with Gasteiger partial charge < -0.3 is 9.47 Å². The number of aromatic nitrogens is 2. The van der Waals surface area contributed by atoms with Crippen LogP contribution in [0.25, 0.3) is 0 Å². The summed E-state index contributed by atoms with van der Waals surface area (Å²) in [5.74, 6) is -1.47. The zero-order chi connectivity index (χ0) is 11.6. The fourth-order valence-corrected chi connectivity index (χ4v) is 1.05. The summed E-state index contributed by atoms with van der Waals surface area (Å²) in [6, 6.07) is 0. The summed E-state index contributed by atoms with van der Waals surface area (Å²) in [6.07, 6.45) is -1.78. The normalized spacial score (nSPS) is 11.5. The van der Waals surface area contributed by atoms with E-state index >= 15 is 0 Å². The molecule has 0 bridgehead atoms. The van der Waals surface area contributed by atoms with Crippen LogP contribution in [0.1, 0.15) is 5.82 Å². The maximum Gasteiger partial charge on any atom is 0.471 e. The van der Waals surface area contributed by atoms with E-state index in [0.717, 1.165) is 7.05 Å². The minimum Gasteiger partial charge on any atom is -0.337 e. The quantitative estimate of drug-likeness (QED) is 0.745. The van der Waals surface area contributed by atoms with Crippen LogP contribution in [0, 0.1) is 0 Å². The molecular formula is C8H10F3N3O. The third kappa shape index (κ3) is 2.71. The lowest BCUT2D eigenvalue weighted by molar-refractivity contribution is -0.184. The molecule has 0 aromatic carbocycles.